The highest BCUT2D eigenvalue weighted by Crippen LogP contribution is 2.25. The van der Waals surface area contributed by atoms with E-state index in [-0.39, 0.29) is 16.5 Å². The van der Waals surface area contributed by atoms with Gasteiger partial charge in [0.1, 0.15) is 4.90 Å². The number of carboxylic acids is 1. The number of hydrogen-bond donors (Lipinski definition) is 2. The Labute approximate surface area is 125 Å². The predicted molar refractivity (Wildman–Crippen MR) is 75.8 cm³/mol. The van der Waals surface area contributed by atoms with E-state index in [1.807, 2.05) is 0 Å². The van der Waals surface area contributed by atoms with E-state index in [1.165, 1.54) is 12.1 Å². The number of aliphatic carboxylic acids is 1. The first-order valence-electron chi connectivity index (χ1n) is 5.45. The highest BCUT2D eigenvalue weighted by molar-refractivity contribution is 9.10. The zero-order valence-electron chi connectivity index (χ0n) is 10.1. The zero-order chi connectivity index (χ0) is 14.6. The molecule has 0 saturated heterocycles. The van der Waals surface area contributed by atoms with Gasteiger partial charge >= 0.3 is 5.97 Å². The van der Waals surface area contributed by atoms with Crippen molar-refractivity contribution < 1.29 is 18.3 Å². The molecule has 1 aromatic carbocycles. The summed E-state index contributed by atoms with van der Waals surface area (Å²) >= 11 is 9.04. The van der Waals surface area contributed by atoms with Gasteiger partial charge in [0.05, 0.1) is 10.9 Å². The molecule has 0 saturated carbocycles. The van der Waals surface area contributed by atoms with Gasteiger partial charge in [-0.3, -0.25) is 4.79 Å². The molecule has 1 unspecified atom stereocenters. The van der Waals surface area contributed by atoms with Crippen LogP contribution in [-0.4, -0.2) is 26.0 Å². The van der Waals surface area contributed by atoms with Crippen molar-refractivity contribution in [1.82, 2.24) is 4.72 Å². The van der Waals surface area contributed by atoms with E-state index in [2.05, 4.69) is 20.7 Å². The molecule has 0 bridgehead atoms. The van der Waals surface area contributed by atoms with Crippen LogP contribution in [0.1, 0.15) is 13.3 Å². The van der Waals surface area contributed by atoms with Crippen molar-refractivity contribution in [2.45, 2.75) is 18.2 Å². The van der Waals surface area contributed by atoms with E-state index in [9.17, 15) is 13.2 Å². The number of nitrogens with one attached hydrogen (secondary N) is 1. The normalized spacial score (nSPS) is 13.2. The van der Waals surface area contributed by atoms with Gasteiger partial charge in [0.25, 0.3) is 0 Å². The lowest BCUT2D eigenvalue weighted by Crippen LogP contribution is -2.32. The highest BCUT2D eigenvalue weighted by Gasteiger charge is 2.22. The Hall–Kier alpha value is -0.630. The second-order valence-electron chi connectivity index (χ2n) is 3.87. The number of hydrogen-bond acceptors (Lipinski definition) is 3. The number of benzene rings is 1. The number of carboxylic acid groups (broad SMARTS) is 1. The van der Waals surface area contributed by atoms with Crippen LogP contribution in [0.2, 0.25) is 5.02 Å². The average molecular weight is 371 g/mol. The first-order chi connectivity index (χ1) is 8.77. The summed E-state index contributed by atoms with van der Waals surface area (Å²) in [6.45, 7) is 1.51. The monoisotopic (exact) mass is 369 g/mol. The maximum absolute atomic E-state index is 12.0. The van der Waals surface area contributed by atoms with Crippen molar-refractivity contribution in [2.75, 3.05) is 6.54 Å². The second kappa shape index (κ2) is 6.69. The van der Waals surface area contributed by atoms with E-state index in [4.69, 9.17) is 16.7 Å². The van der Waals surface area contributed by atoms with Crippen LogP contribution in [0.15, 0.2) is 27.6 Å². The molecule has 1 aromatic rings. The fourth-order valence-corrected chi connectivity index (χ4v) is 3.50. The fraction of sp³-hybridized carbons (Fsp3) is 0.364. The Morgan fingerprint density at radius 2 is 2.16 bits per heavy atom. The molecule has 0 aromatic heterocycles. The molecule has 2 N–H and O–H groups in total. The van der Waals surface area contributed by atoms with Crippen molar-refractivity contribution in [3.8, 4) is 0 Å². The van der Waals surface area contributed by atoms with E-state index >= 15 is 0 Å². The smallest absolute Gasteiger partial charge is 0.307 e. The van der Waals surface area contributed by atoms with Crippen LogP contribution in [0.5, 0.6) is 0 Å². The van der Waals surface area contributed by atoms with Crippen molar-refractivity contribution in [3.05, 3.63) is 27.7 Å². The quantitative estimate of drug-likeness (QED) is 0.806. The Morgan fingerprint density at radius 3 is 2.63 bits per heavy atom. The summed E-state index contributed by atoms with van der Waals surface area (Å²) in [5.74, 6) is -1.80. The SMILES string of the molecule is CCC(CNS(=O)(=O)c1ccc(Br)cc1Cl)C(=O)O. The van der Waals surface area contributed by atoms with E-state index in [0.717, 1.165) is 0 Å². The van der Waals surface area contributed by atoms with Gasteiger partial charge in [-0.15, -0.1) is 0 Å². The van der Waals surface area contributed by atoms with Crippen LogP contribution in [0.4, 0.5) is 0 Å². The lowest BCUT2D eigenvalue weighted by atomic mass is 10.1. The second-order valence-corrected chi connectivity index (χ2v) is 6.93. The fourth-order valence-electron chi connectivity index (χ4n) is 1.39. The van der Waals surface area contributed by atoms with Crippen molar-refractivity contribution in [1.29, 1.82) is 0 Å². The number of sulfonamides is 1. The molecule has 0 aliphatic carbocycles. The molecule has 0 fully saturated rings. The zero-order valence-corrected chi connectivity index (χ0v) is 13.2. The third kappa shape index (κ3) is 4.45. The molecule has 0 heterocycles. The Bertz CT molecular complexity index is 576. The van der Waals surface area contributed by atoms with Crippen molar-refractivity contribution >= 4 is 43.5 Å². The first kappa shape index (κ1) is 16.4. The molecule has 0 radical (unpaired) electrons. The average Bonchev–Trinajstić information content (AvgIpc) is 2.28. The van der Waals surface area contributed by atoms with Gasteiger partial charge in [-0.1, -0.05) is 34.5 Å². The standard InChI is InChI=1S/C11H13BrClNO4S/c1-2-7(11(15)16)6-14-19(17,18)10-4-3-8(12)5-9(10)13/h3-5,7,14H,2,6H2,1H3,(H,15,16). The van der Waals surface area contributed by atoms with Gasteiger partial charge in [0.15, 0.2) is 0 Å². The van der Waals surface area contributed by atoms with Crippen LogP contribution >= 0.6 is 27.5 Å². The number of carbonyl (C=O) groups is 1. The largest absolute Gasteiger partial charge is 0.481 e. The molecule has 0 aliphatic rings. The summed E-state index contributed by atoms with van der Waals surface area (Å²) in [7, 11) is -3.81. The van der Waals surface area contributed by atoms with Gasteiger partial charge in [0.2, 0.25) is 10.0 Å². The van der Waals surface area contributed by atoms with Gasteiger partial charge in [-0.05, 0) is 24.6 Å². The van der Waals surface area contributed by atoms with E-state index < -0.39 is 21.9 Å². The Morgan fingerprint density at radius 1 is 1.53 bits per heavy atom. The van der Waals surface area contributed by atoms with Crippen molar-refractivity contribution in [2.24, 2.45) is 5.92 Å². The number of rotatable bonds is 6. The molecule has 106 valence electrons. The molecule has 5 nitrogen and oxygen atoms in total. The Kier molecular flexibility index (Phi) is 5.79. The summed E-state index contributed by atoms with van der Waals surface area (Å²) in [6, 6.07) is 4.37. The minimum absolute atomic E-state index is 0.0717. The van der Waals surface area contributed by atoms with Gasteiger partial charge in [-0.25, -0.2) is 13.1 Å². The lowest BCUT2D eigenvalue weighted by molar-refractivity contribution is -0.141. The van der Waals surface area contributed by atoms with Crippen molar-refractivity contribution in [3.63, 3.8) is 0 Å². The van der Waals surface area contributed by atoms with E-state index in [0.29, 0.717) is 10.9 Å². The molecular weight excluding hydrogens is 358 g/mol. The summed E-state index contributed by atoms with van der Waals surface area (Å²) < 4.78 is 26.9. The minimum Gasteiger partial charge on any atom is -0.481 e. The highest BCUT2D eigenvalue weighted by atomic mass is 79.9. The molecule has 0 aliphatic heterocycles. The van der Waals surface area contributed by atoms with Crippen LogP contribution in [0.3, 0.4) is 0 Å². The molecule has 19 heavy (non-hydrogen) atoms. The molecule has 1 atom stereocenters. The van der Waals surface area contributed by atoms with Crippen LogP contribution in [0.25, 0.3) is 0 Å². The third-order valence-electron chi connectivity index (χ3n) is 2.55. The first-order valence-corrected chi connectivity index (χ1v) is 8.11. The molecule has 8 heteroatoms. The molecule has 0 amide bonds. The third-order valence-corrected chi connectivity index (χ3v) is 4.94. The maximum atomic E-state index is 12.0. The van der Waals surface area contributed by atoms with Gasteiger partial charge in [-0.2, -0.15) is 0 Å². The molecule has 1 rings (SSSR count). The summed E-state index contributed by atoms with van der Waals surface area (Å²) in [6.07, 6.45) is 0.339. The lowest BCUT2D eigenvalue weighted by Gasteiger charge is -2.12. The molecule has 0 spiro atoms. The van der Waals surface area contributed by atoms with Crippen LogP contribution in [0, 0.1) is 5.92 Å². The summed E-state index contributed by atoms with van der Waals surface area (Å²) in [4.78, 5) is 10.8. The molecular formula is C11H13BrClNO4S. The maximum Gasteiger partial charge on any atom is 0.307 e. The van der Waals surface area contributed by atoms with Crippen LogP contribution in [-0.2, 0) is 14.8 Å². The van der Waals surface area contributed by atoms with Crippen LogP contribution < -0.4 is 4.72 Å². The predicted octanol–water partition coefficient (Wildman–Crippen LogP) is 2.49. The Balaban J connectivity index is 2.90. The van der Waals surface area contributed by atoms with Gasteiger partial charge < -0.3 is 5.11 Å². The topological polar surface area (TPSA) is 83.5 Å². The van der Waals surface area contributed by atoms with Gasteiger partial charge in [0, 0.05) is 11.0 Å². The number of halogens is 2. The summed E-state index contributed by atoms with van der Waals surface area (Å²) in [5.41, 5.74) is 0. The summed E-state index contributed by atoms with van der Waals surface area (Å²) in [5, 5.41) is 8.94. The minimum atomic E-state index is -3.81. The van der Waals surface area contributed by atoms with E-state index in [1.54, 1.807) is 13.0 Å².